The highest BCUT2D eigenvalue weighted by Gasteiger charge is 2.60. The van der Waals surface area contributed by atoms with Crippen LogP contribution < -0.4 is 10.6 Å². The van der Waals surface area contributed by atoms with Gasteiger partial charge in [0, 0.05) is 30.8 Å². The Labute approximate surface area is 241 Å². The molecular weight excluding hydrogens is 515 g/mol. The van der Waals surface area contributed by atoms with Crippen LogP contribution in [0.15, 0.2) is 4.99 Å². The molecule has 0 spiro atoms. The van der Waals surface area contributed by atoms with Crippen LogP contribution >= 0.6 is 0 Å². The smallest absolute Gasteiger partial charge is 0.395 e. The lowest BCUT2D eigenvalue weighted by Gasteiger charge is -2.61. The van der Waals surface area contributed by atoms with Crippen LogP contribution in [0.25, 0.3) is 0 Å². The molecule has 4 rings (SSSR count). The quantitative estimate of drug-likeness (QED) is 0.127. The van der Waals surface area contributed by atoms with Crippen LogP contribution in [0.1, 0.15) is 99.3 Å². The maximum absolute atomic E-state index is 11.2. The summed E-state index contributed by atoms with van der Waals surface area (Å²) in [6.07, 6.45) is 7.33. The summed E-state index contributed by atoms with van der Waals surface area (Å²) in [5.41, 5.74) is 2.29. The number of aliphatic hydroxyl groups is 2. The minimum atomic E-state index is -4.16. The van der Waals surface area contributed by atoms with Gasteiger partial charge in [-0.3, -0.25) is 4.99 Å². The van der Waals surface area contributed by atoms with Crippen LogP contribution in [0.5, 0.6) is 0 Å². The molecule has 232 valence electrons. The third-order valence-electron chi connectivity index (χ3n) is 10.6. The van der Waals surface area contributed by atoms with E-state index in [1.807, 2.05) is 19.2 Å². The van der Waals surface area contributed by atoms with Crippen molar-refractivity contribution in [3.63, 3.8) is 0 Å². The molecule has 0 amide bonds. The van der Waals surface area contributed by atoms with Crippen molar-refractivity contribution in [1.82, 2.24) is 10.6 Å². The normalized spacial score (nSPS) is 36.7. The van der Waals surface area contributed by atoms with E-state index in [4.69, 9.17) is 10.1 Å². The van der Waals surface area contributed by atoms with Gasteiger partial charge in [0.2, 0.25) is 0 Å². The second-order valence-corrected chi connectivity index (χ2v) is 12.6. The van der Waals surface area contributed by atoms with Crippen molar-refractivity contribution in [1.29, 1.82) is 0 Å². The van der Waals surface area contributed by atoms with Gasteiger partial charge in [-0.15, -0.1) is 0 Å². The minimum Gasteiger partial charge on any atom is -0.395 e. The highest BCUT2D eigenvalue weighted by Crippen LogP contribution is 2.67. The number of nitrogens with zero attached hydrogens (tertiary/aromatic N) is 1. The van der Waals surface area contributed by atoms with Gasteiger partial charge >= 0.3 is 6.18 Å². The van der Waals surface area contributed by atoms with Gasteiger partial charge in [0.15, 0.2) is 0 Å². The number of hydrogen-bond donors (Lipinski definition) is 4. The zero-order chi connectivity index (χ0) is 30.0. The van der Waals surface area contributed by atoms with Crippen molar-refractivity contribution in [2.24, 2.45) is 45.4 Å². The van der Waals surface area contributed by atoms with E-state index in [-0.39, 0.29) is 12.7 Å². The molecule has 4 N–H and O–H groups in total. The molecule has 4 aliphatic rings. The van der Waals surface area contributed by atoms with E-state index in [0.29, 0.717) is 23.3 Å². The van der Waals surface area contributed by atoms with Gasteiger partial charge in [-0.05, 0) is 106 Å². The molecule has 0 bridgehead atoms. The molecule has 8 atom stereocenters. The van der Waals surface area contributed by atoms with Crippen LogP contribution in [-0.2, 0) is 0 Å². The Morgan fingerprint density at radius 3 is 2.30 bits per heavy atom. The summed E-state index contributed by atoms with van der Waals surface area (Å²) in [6.45, 7) is 14.4. The molecule has 4 saturated carbocycles. The Morgan fingerprint density at radius 2 is 1.65 bits per heavy atom. The third-order valence-corrected chi connectivity index (χ3v) is 10.6. The molecule has 5 nitrogen and oxygen atoms in total. The molecule has 8 unspecified atom stereocenters. The van der Waals surface area contributed by atoms with Gasteiger partial charge in [-0.25, -0.2) is 0 Å². The van der Waals surface area contributed by atoms with Crippen molar-refractivity contribution < 1.29 is 23.4 Å². The number of fused-ring (bicyclic) bond motifs is 5. The number of aliphatic hydroxyl groups excluding tert-OH is 2. The van der Waals surface area contributed by atoms with Crippen LogP contribution in [0.4, 0.5) is 13.2 Å². The van der Waals surface area contributed by atoms with E-state index in [2.05, 4.69) is 38.1 Å². The first-order valence-corrected chi connectivity index (χ1v) is 15.7. The van der Waals surface area contributed by atoms with Gasteiger partial charge in [-0.2, -0.15) is 13.2 Å². The first-order valence-electron chi connectivity index (χ1n) is 15.7. The van der Waals surface area contributed by atoms with Crippen LogP contribution in [-0.4, -0.2) is 61.0 Å². The number of aliphatic imine (C=N–C) groups is 1. The summed E-state index contributed by atoms with van der Waals surface area (Å²) in [7, 11) is 0. The van der Waals surface area contributed by atoms with Crippen molar-refractivity contribution in [2.45, 2.75) is 112 Å². The van der Waals surface area contributed by atoms with E-state index < -0.39 is 12.7 Å². The second kappa shape index (κ2) is 15.8. The van der Waals surface area contributed by atoms with E-state index in [1.54, 1.807) is 0 Å². The standard InChI is InChI=1S/C25H44N2O2.C5H6F3N.C2H6/c1-17(27-13-12-26-14-15-28)21-6-7-22-20-5-4-18-16-19(29)8-10-24(18,2)23(20)9-11-25(21,22)3;1-2-3-9-4-5(6,7)8;1-2/h18-23,26,28-29H,4-16H2,1-3H3;9H,4H2,1H3;1-2H3. The summed E-state index contributed by atoms with van der Waals surface area (Å²) in [5.74, 6) is 6.34. The van der Waals surface area contributed by atoms with Crippen molar-refractivity contribution in [3.8, 4) is 12.0 Å². The summed E-state index contributed by atoms with van der Waals surface area (Å²) >= 11 is 0. The molecule has 4 aliphatic carbocycles. The highest BCUT2D eigenvalue weighted by atomic mass is 19.4. The molecule has 0 aromatic rings. The molecule has 8 heteroatoms. The second-order valence-electron chi connectivity index (χ2n) is 12.6. The lowest BCUT2D eigenvalue weighted by atomic mass is 9.44. The predicted molar refractivity (Wildman–Crippen MR) is 158 cm³/mol. The first-order chi connectivity index (χ1) is 19.0. The fourth-order valence-corrected chi connectivity index (χ4v) is 8.78. The van der Waals surface area contributed by atoms with Crippen LogP contribution in [0.2, 0.25) is 0 Å². The molecule has 0 heterocycles. The number of nitrogens with one attached hydrogen (secondary N) is 2. The Morgan fingerprint density at radius 1 is 0.975 bits per heavy atom. The van der Waals surface area contributed by atoms with Crippen molar-refractivity contribution in [3.05, 3.63) is 0 Å². The molecule has 4 fully saturated rings. The first kappa shape index (κ1) is 34.9. The van der Waals surface area contributed by atoms with Gasteiger partial charge in [-0.1, -0.05) is 33.6 Å². The predicted octanol–water partition coefficient (Wildman–Crippen LogP) is 6.19. The average Bonchev–Trinajstić information content (AvgIpc) is 3.27. The fourth-order valence-electron chi connectivity index (χ4n) is 8.78. The minimum absolute atomic E-state index is 0.0416. The van der Waals surface area contributed by atoms with E-state index in [0.717, 1.165) is 49.6 Å². The van der Waals surface area contributed by atoms with Gasteiger partial charge < -0.3 is 20.8 Å². The maximum Gasteiger partial charge on any atom is 0.406 e. The molecule has 0 radical (unpaired) electrons. The zero-order valence-electron chi connectivity index (χ0n) is 25.8. The number of hydrogen-bond acceptors (Lipinski definition) is 5. The van der Waals surface area contributed by atoms with Gasteiger partial charge in [0.05, 0.1) is 19.3 Å². The average molecular weight is 572 g/mol. The summed E-state index contributed by atoms with van der Waals surface area (Å²) < 4.78 is 33.7. The van der Waals surface area contributed by atoms with Crippen LogP contribution in [0.3, 0.4) is 0 Å². The number of halogens is 3. The maximum atomic E-state index is 11.2. The van der Waals surface area contributed by atoms with Gasteiger partial charge in [0.1, 0.15) is 6.54 Å². The van der Waals surface area contributed by atoms with Crippen molar-refractivity contribution in [2.75, 3.05) is 32.8 Å². The molecule has 0 aromatic carbocycles. The fraction of sp³-hybridized carbons (Fsp3) is 0.906. The molecular formula is C32H56F3N3O2. The summed E-state index contributed by atoms with van der Waals surface area (Å²) in [4.78, 5) is 4.95. The molecule has 0 saturated heterocycles. The largest absolute Gasteiger partial charge is 0.406 e. The monoisotopic (exact) mass is 571 g/mol. The highest BCUT2D eigenvalue weighted by molar-refractivity contribution is 5.85. The van der Waals surface area contributed by atoms with E-state index in [1.165, 1.54) is 57.6 Å². The Balaban J connectivity index is 0.000000436. The van der Waals surface area contributed by atoms with E-state index in [9.17, 15) is 18.3 Å². The van der Waals surface area contributed by atoms with Crippen LogP contribution in [0, 0.1) is 52.4 Å². The van der Waals surface area contributed by atoms with E-state index >= 15 is 0 Å². The Hall–Kier alpha value is -1.30. The lowest BCUT2D eigenvalue weighted by Crippen LogP contribution is -2.54. The Kier molecular flexibility index (Phi) is 13.8. The Bertz CT molecular complexity index is 855. The molecule has 40 heavy (non-hydrogen) atoms. The summed E-state index contributed by atoms with van der Waals surface area (Å²) in [5, 5.41) is 24.3. The lowest BCUT2D eigenvalue weighted by molar-refractivity contribution is -0.123. The number of alkyl halides is 3. The summed E-state index contributed by atoms with van der Waals surface area (Å²) in [6, 6.07) is 2.08. The van der Waals surface area contributed by atoms with Gasteiger partial charge in [0.25, 0.3) is 0 Å². The molecule has 0 aliphatic heterocycles. The van der Waals surface area contributed by atoms with Crippen molar-refractivity contribution >= 4 is 5.71 Å². The third kappa shape index (κ3) is 8.61. The SMILES string of the molecule is CC.CC#CNCC(F)(F)F.CC(=NCCNCCO)C1CCC2C3CCC4CC(O)CCC4(C)C3CCC12C. The topological polar surface area (TPSA) is 76.9 Å². The number of rotatable bonds is 7. The molecule has 0 aromatic heterocycles. The zero-order valence-corrected chi connectivity index (χ0v) is 25.8.